The highest BCUT2D eigenvalue weighted by Crippen LogP contribution is 2.43. The number of carbonyl (C=O) groups excluding carboxylic acids is 5. The number of fused-ring (bicyclic) bond motifs is 1. The highest BCUT2D eigenvalue weighted by Gasteiger charge is 2.55. The molecule has 0 radical (unpaired) electrons. The molecule has 3 aliphatic heterocycles. The molecule has 0 aromatic carbocycles. The smallest absolute Gasteiger partial charge is 0.335 e. The zero-order chi connectivity index (χ0) is 31.1. The molecule has 3 heterocycles. The number of carbonyl (C=O) groups is 5. The monoisotopic (exact) mass is 630 g/mol. The normalized spacial score (nSPS) is 23.2. The largest absolute Gasteiger partial charge is 0.378 e. The summed E-state index contributed by atoms with van der Waals surface area (Å²) >= 11 is 1.93. The van der Waals surface area contributed by atoms with Gasteiger partial charge in [0.2, 0.25) is 5.91 Å². The third kappa shape index (κ3) is 11.2. The van der Waals surface area contributed by atoms with Crippen LogP contribution in [0, 0.1) is 0 Å². The van der Waals surface area contributed by atoms with Gasteiger partial charge in [-0.15, -0.1) is 5.06 Å². The molecule has 0 spiro atoms. The molecule has 3 atom stereocenters. The van der Waals surface area contributed by atoms with Crippen molar-refractivity contribution in [1.29, 1.82) is 0 Å². The lowest BCUT2D eigenvalue weighted by Gasteiger charge is -2.30. The number of likely N-dealkylation sites (N-methyl/N-ethyl adjacent to an activating group) is 1. The minimum Gasteiger partial charge on any atom is -0.378 e. The van der Waals surface area contributed by atoms with Gasteiger partial charge in [0.15, 0.2) is 0 Å². The summed E-state index contributed by atoms with van der Waals surface area (Å²) in [6.07, 6.45) is 3.30. The molecule has 0 bridgehead atoms. The Kier molecular flexibility index (Phi) is 15.0. The van der Waals surface area contributed by atoms with Crippen molar-refractivity contribution in [2.45, 2.75) is 75.6 Å². The van der Waals surface area contributed by atoms with Crippen LogP contribution in [0.3, 0.4) is 0 Å². The minimum atomic E-state index is -0.703. The van der Waals surface area contributed by atoms with Gasteiger partial charge in [-0.3, -0.25) is 14.4 Å². The van der Waals surface area contributed by atoms with Crippen molar-refractivity contribution in [1.82, 2.24) is 20.6 Å². The third-order valence-electron chi connectivity index (χ3n) is 7.41. The summed E-state index contributed by atoms with van der Waals surface area (Å²) in [5.41, 5.74) is -0.153. The van der Waals surface area contributed by atoms with Crippen LogP contribution in [-0.2, 0) is 43.0 Å². The first-order valence-corrected chi connectivity index (χ1v) is 16.1. The van der Waals surface area contributed by atoms with E-state index in [1.54, 1.807) is 0 Å². The van der Waals surface area contributed by atoms with Crippen molar-refractivity contribution in [3.05, 3.63) is 0 Å². The summed E-state index contributed by atoms with van der Waals surface area (Å²) in [6, 6.07) is 0.260. The van der Waals surface area contributed by atoms with Crippen LogP contribution in [0.2, 0.25) is 0 Å². The second kappa shape index (κ2) is 18.4. The minimum absolute atomic E-state index is 0.0211. The second-order valence-corrected chi connectivity index (χ2v) is 12.0. The zero-order valence-corrected chi connectivity index (χ0v) is 26.1. The number of hydrogen-bond acceptors (Lipinski definition) is 11. The lowest BCUT2D eigenvalue weighted by atomic mass is 9.91. The molecule has 15 heteroatoms. The van der Waals surface area contributed by atoms with E-state index in [9.17, 15) is 24.0 Å². The topological polar surface area (TPSA) is 162 Å². The SMILES string of the molecule is CCN1C(=O)NC2(C)CS[C@@H](CCCCC(=O)NCCOCCOCCOCCOCCC(=O)ON3C(=O)CCC3=O)C12. The Morgan fingerprint density at radius 1 is 0.907 bits per heavy atom. The van der Waals surface area contributed by atoms with Gasteiger partial charge in [0, 0.05) is 43.4 Å². The van der Waals surface area contributed by atoms with E-state index < -0.39 is 17.8 Å². The van der Waals surface area contributed by atoms with Crippen molar-refractivity contribution in [2.75, 3.05) is 71.7 Å². The lowest BCUT2D eigenvalue weighted by Crippen LogP contribution is -2.48. The van der Waals surface area contributed by atoms with Crippen LogP contribution in [-0.4, -0.2) is 128 Å². The molecular weight excluding hydrogens is 584 g/mol. The van der Waals surface area contributed by atoms with E-state index in [-0.39, 0.29) is 56.0 Å². The Morgan fingerprint density at radius 2 is 1.51 bits per heavy atom. The molecule has 3 saturated heterocycles. The van der Waals surface area contributed by atoms with Crippen LogP contribution in [0.5, 0.6) is 0 Å². The van der Waals surface area contributed by atoms with Crippen LogP contribution in [0.4, 0.5) is 4.79 Å². The maximum Gasteiger partial charge on any atom is 0.335 e. The van der Waals surface area contributed by atoms with E-state index in [2.05, 4.69) is 17.6 Å². The van der Waals surface area contributed by atoms with E-state index in [4.69, 9.17) is 23.8 Å². The number of unbranched alkanes of at least 4 members (excludes halogenated alkanes) is 1. The summed E-state index contributed by atoms with van der Waals surface area (Å²) in [7, 11) is 0. The van der Waals surface area contributed by atoms with Crippen LogP contribution in [0.25, 0.3) is 0 Å². The Hall–Kier alpha value is -2.46. The molecule has 0 aromatic rings. The summed E-state index contributed by atoms with van der Waals surface area (Å²) in [5.74, 6) is -0.777. The van der Waals surface area contributed by atoms with Crippen molar-refractivity contribution >= 4 is 41.5 Å². The molecule has 5 amide bonds. The summed E-state index contributed by atoms with van der Waals surface area (Å²) in [6.45, 7) is 8.02. The predicted molar refractivity (Wildman–Crippen MR) is 156 cm³/mol. The highest BCUT2D eigenvalue weighted by molar-refractivity contribution is 8.00. The van der Waals surface area contributed by atoms with Crippen LogP contribution < -0.4 is 10.6 Å². The molecule has 0 saturated carbocycles. The zero-order valence-electron chi connectivity index (χ0n) is 25.3. The van der Waals surface area contributed by atoms with Gasteiger partial charge in [0.25, 0.3) is 11.8 Å². The van der Waals surface area contributed by atoms with Gasteiger partial charge in [-0.05, 0) is 26.7 Å². The fourth-order valence-electron chi connectivity index (χ4n) is 5.25. The molecule has 0 aromatic heterocycles. The number of imide groups is 1. The first-order valence-electron chi connectivity index (χ1n) is 15.1. The Morgan fingerprint density at radius 3 is 2.14 bits per heavy atom. The number of ether oxygens (including phenoxy) is 4. The molecule has 43 heavy (non-hydrogen) atoms. The van der Waals surface area contributed by atoms with Crippen molar-refractivity contribution in [3.8, 4) is 0 Å². The van der Waals surface area contributed by atoms with Gasteiger partial charge in [0.05, 0.1) is 70.9 Å². The number of thioether (sulfide) groups is 1. The molecule has 14 nitrogen and oxygen atoms in total. The molecular formula is C28H46N4O10S. The maximum atomic E-state index is 12.2. The number of hydroxylamine groups is 2. The second-order valence-electron chi connectivity index (χ2n) is 10.8. The first kappa shape index (κ1) is 35.0. The molecule has 2 unspecified atom stereocenters. The van der Waals surface area contributed by atoms with Crippen molar-refractivity contribution in [3.63, 3.8) is 0 Å². The van der Waals surface area contributed by atoms with Gasteiger partial charge >= 0.3 is 12.0 Å². The molecule has 3 fully saturated rings. The van der Waals surface area contributed by atoms with E-state index in [0.29, 0.717) is 69.5 Å². The Labute approximate surface area is 257 Å². The van der Waals surface area contributed by atoms with Crippen molar-refractivity contribution in [2.24, 2.45) is 0 Å². The number of nitrogens with one attached hydrogen (secondary N) is 2. The highest BCUT2D eigenvalue weighted by atomic mass is 32.2. The Balaban J connectivity index is 1.04. The van der Waals surface area contributed by atoms with Gasteiger partial charge in [-0.2, -0.15) is 11.8 Å². The standard InChI is InChI=1S/C28H46N4O10S/c1-3-31-26-21(43-20-28(26,2)30-27(31)37)6-4-5-7-22(33)29-11-13-39-15-17-41-19-18-40-16-14-38-12-10-25(36)42-32-23(34)8-9-24(32)35/h21,26H,3-20H2,1-2H3,(H,29,33)(H,30,37)/t21-,26?,28?/m0/s1. The van der Waals surface area contributed by atoms with Crippen LogP contribution in [0.1, 0.15) is 58.8 Å². The molecule has 3 rings (SSSR count). The van der Waals surface area contributed by atoms with Gasteiger partial charge < -0.3 is 39.3 Å². The number of urea groups is 1. The predicted octanol–water partition coefficient (Wildman–Crippen LogP) is 1.01. The number of rotatable bonds is 22. The third-order valence-corrected chi connectivity index (χ3v) is 9.10. The number of amides is 5. The summed E-state index contributed by atoms with van der Waals surface area (Å²) in [4.78, 5) is 65.5. The van der Waals surface area contributed by atoms with E-state index in [1.807, 2.05) is 23.6 Å². The molecule has 0 aliphatic carbocycles. The fraction of sp³-hybridized carbons (Fsp3) is 0.821. The Bertz CT molecular complexity index is 941. The van der Waals surface area contributed by atoms with Gasteiger partial charge in [-0.1, -0.05) is 6.42 Å². The van der Waals surface area contributed by atoms with E-state index in [0.717, 1.165) is 25.0 Å². The molecule has 2 N–H and O–H groups in total. The first-order chi connectivity index (χ1) is 20.7. The maximum absolute atomic E-state index is 12.2. The van der Waals surface area contributed by atoms with E-state index >= 15 is 0 Å². The van der Waals surface area contributed by atoms with Crippen molar-refractivity contribution < 1.29 is 47.8 Å². The lowest BCUT2D eigenvalue weighted by molar-refractivity contribution is -0.198. The van der Waals surface area contributed by atoms with Gasteiger partial charge in [0.1, 0.15) is 0 Å². The summed E-state index contributed by atoms with van der Waals surface area (Å²) < 4.78 is 21.6. The molecule has 3 aliphatic rings. The van der Waals surface area contributed by atoms with Gasteiger partial charge in [-0.25, -0.2) is 9.59 Å². The average molecular weight is 631 g/mol. The quantitative estimate of drug-likeness (QED) is 0.0998. The van der Waals surface area contributed by atoms with Crippen LogP contribution >= 0.6 is 11.8 Å². The average Bonchev–Trinajstić information content (AvgIpc) is 3.56. The number of hydrogen-bond donors (Lipinski definition) is 2. The fourth-order valence-corrected chi connectivity index (χ4v) is 7.02. The van der Waals surface area contributed by atoms with Crippen LogP contribution in [0.15, 0.2) is 0 Å². The summed E-state index contributed by atoms with van der Waals surface area (Å²) in [5, 5.41) is 6.96. The molecule has 244 valence electrons. The number of nitrogens with zero attached hydrogens (tertiary/aromatic N) is 2. The van der Waals surface area contributed by atoms with E-state index in [1.165, 1.54) is 0 Å².